The van der Waals surface area contributed by atoms with Crippen LogP contribution < -0.4 is 5.32 Å². The third-order valence-corrected chi connectivity index (χ3v) is 3.13. The lowest BCUT2D eigenvalue weighted by molar-refractivity contribution is -0.118. The lowest BCUT2D eigenvalue weighted by Gasteiger charge is -2.10. The molecule has 1 rings (SSSR count). The van der Waals surface area contributed by atoms with Crippen molar-refractivity contribution < 1.29 is 4.79 Å². The summed E-state index contributed by atoms with van der Waals surface area (Å²) in [7, 11) is 0. The normalized spacial score (nSPS) is 12.2. The number of hydrogen-bond acceptors (Lipinski definition) is 3. The second kappa shape index (κ2) is 6.12. The summed E-state index contributed by atoms with van der Waals surface area (Å²) >= 11 is 4.92. The first-order valence-corrected chi connectivity index (χ1v) is 6.73. The number of carbonyl (C=O) groups is 1. The Hall–Kier alpha value is -0.550. The summed E-state index contributed by atoms with van der Waals surface area (Å²) in [5.41, 5.74) is 0.773. The average molecular weight is 289 g/mol. The standard InChI is InChI=1S/C10H13BrN2OS/c1-7(6-15-2)10(14)13-8-3-4-12-9(11)5-8/h3-5,7H,6H2,1-2H3,(H,12,13,14). The van der Waals surface area contributed by atoms with E-state index in [1.54, 1.807) is 30.1 Å². The van der Waals surface area contributed by atoms with Crippen molar-refractivity contribution in [1.29, 1.82) is 0 Å². The van der Waals surface area contributed by atoms with Gasteiger partial charge in [0.15, 0.2) is 0 Å². The van der Waals surface area contributed by atoms with E-state index in [9.17, 15) is 4.79 Å². The Morgan fingerprint density at radius 2 is 2.47 bits per heavy atom. The van der Waals surface area contributed by atoms with Crippen LogP contribution in [0.25, 0.3) is 0 Å². The number of anilines is 1. The number of nitrogens with zero attached hydrogens (tertiary/aromatic N) is 1. The third kappa shape index (κ3) is 4.22. The Balaban J connectivity index is 2.58. The van der Waals surface area contributed by atoms with Gasteiger partial charge in [0.2, 0.25) is 5.91 Å². The predicted octanol–water partition coefficient (Wildman–Crippen LogP) is 2.78. The maximum Gasteiger partial charge on any atom is 0.228 e. The molecule has 0 fully saturated rings. The summed E-state index contributed by atoms with van der Waals surface area (Å²) in [5, 5.41) is 2.85. The van der Waals surface area contributed by atoms with Crippen LogP contribution in [-0.4, -0.2) is 22.9 Å². The van der Waals surface area contributed by atoms with Gasteiger partial charge < -0.3 is 5.32 Å². The van der Waals surface area contributed by atoms with Crippen molar-refractivity contribution >= 4 is 39.3 Å². The topological polar surface area (TPSA) is 42.0 Å². The maximum absolute atomic E-state index is 11.7. The van der Waals surface area contributed by atoms with Crippen LogP contribution in [-0.2, 0) is 4.79 Å². The van der Waals surface area contributed by atoms with Crippen molar-refractivity contribution in [2.24, 2.45) is 5.92 Å². The largest absolute Gasteiger partial charge is 0.326 e. The van der Waals surface area contributed by atoms with E-state index in [-0.39, 0.29) is 11.8 Å². The number of halogens is 1. The smallest absolute Gasteiger partial charge is 0.228 e. The molecule has 0 aliphatic carbocycles. The van der Waals surface area contributed by atoms with Crippen molar-refractivity contribution in [2.75, 3.05) is 17.3 Å². The fraction of sp³-hybridized carbons (Fsp3) is 0.400. The van der Waals surface area contributed by atoms with Crippen molar-refractivity contribution in [1.82, 2.24) is 4.98 Å². The molecule has 15 heavy (non-hydrogen) atoms. The van der Waals surface area contributed by atoms with Crippen molar-refractivity contribution in [2.45, 2.75) is 6.92 Å². The minimum Gasteiger partial charge on any atom is -0.326 e. The number of aromatic nitrogens is 1. The van der Waals surface area contributed by atoms with Gasteiger partial charge >= 0.3 is 0 Å². The Morgan fingerprint density at radius 3 is 3.07 bits per heavy atom. The number of amides is 1. The SMILES string of the molecule is CSCC(C)C(=O)Nc1ccnc(Br)c1. The lowest BCUT2D eigenvalue weighted by atomic mass is 10.2. The first-order valence-electron chi connectivity index (χ1n) is 4.55. The van der Waals surface area contributed by atoms with Gasteiger partial charge in [-0.25, -0.2) is 4.98 Å². The fourth-order valence-electron chi connectivity index (χ4n) is 1.07. The van der Waals surface area contributed by atoms with Crippen LogP contribution in [0.15, 0.2) is 22.9 Å². The van der Waals surface area contributed by atoms with Crippen LogP contribution >= 0.6 is 27.7 Å². The maximum atomic E-state index is 11.7. The highest BCUT2D eigenvalue weighted by Crippen LogP contribution is 2.14. The molecule has 0 aromatic carbocycles. The molecule has 0 bridgehead atoms. The molecule has 1 aromatic rings. The van der Waals surface area contributed by atoms with E-state index in [1.165, 1.54) is 0 Å². The molecule has 0 radical (unpaired) electrons. The van der Waals surface area contributed by atoms with Crippen LogP contribution in [0.3, 0.4) is 0 Å². The van der Waals surface area contributed by atoms with Gasteiger partial charge in [0.25, 0.3) is 0 Å². The highest BCUT2D eigenvalue weighted by molar-refractivity contribution is 9.10. The lowest BCUT2D eigenvalue weighted by Crippen LogP contribution is -2.22. The number of hydrogen-bond donors (Lipinski definition) is 1. The number of pyridine rings is 1. The zero-order valence-electron chi connectivity index (χ0n) is 8.66. The van der Waals surface area contributed by atoms with Gasteiger partial charge in [-0.2, -0.15) is 11.8 Å². The van der Waals surface area contributed by atoms with Crippen LogP contribution in [0, 0.1) is 5.92 Å². The molecule has 3 nitrogen and oxygen atoms in total. The Labute approximate surface area is 102 Å². The molecule has 1 unspecified atom stereocenters. The second-order valence-corrected chi connectivity index (χ2v) is 4.94. The molecule has 1 heterocycles. The van der Waals surface area contributed by atoms with E-state index in [1.807, 2.05) is 13.2 Å². The number of nitrogens with one attached hydrogen (secondary N) is 1. The number of carbonyl (C=O) groups excluding carboxylic acids is 1. The first kappa shape index (κ1) is 12.5. The van der Waals surface area contributed by atoms with Gasteiger partial charge in [0.1, 0.15) is 4.60 Å². The molecule has 1 N–H and O–H groups in total. The van der Waals surface area contributed by atoms with Crippen molar-refractivity contribution in [3.63, 3.8) is 0 Å². The molecule has 1 atom stereocenters. The van der Waals surface area contributed by atoms with E-state index in [4.69, 9.17) is 0 Å². The van der Waals surface area contributed by atoms with Gasteiger partial charge in [-0.15, -0.1) is 0 Å². The molecule has 1 aromatic heterocycles. The van der Waals surface area contributed by atoms with Crippen LogP contribution in [0.1, 0.15) is 6.92 Å². The molecule has 0 saturated carbocycles. The highest BCUT2D eigenvalue weighted by atomic mass is 79.9. The second-order valence-electron chi connectivity index (χ2n) is 3.21. The summed E-state index contributed by atoms with van der Waals surface area (Å²) in [5.74, 6) is 0.896. The van der Waals surface area contributed by atoms with E-state index < -0.39 is 0 Å². The van der Waals surface area contributed by atoms with Crippen molar-refractivity contribution in [3.05, 3.63) is 22.9 Å². The fourth-order valence-corrected chi connectivity index (χ4v) is 2.09. The summed E-state index contributed by atoms with van der Waals surface area (Å²) in [6.45, 7) is 1.92. The third-order valence-electron chi connectivity index (χ3n) is 1.86. The molecule has 82 valence electrons. The zero-order valence-corrected chi connectivity index (χ0v) is 11.1. The molecule has 0 saturated heterocycles. The van der Waals surface area contributed by atoms with Gasteiger partial charge in [-0.3, -0.25) is 4.79 Å². The monoisotopic (exact) mass is 288 g/mol. The first-order chi connectivity index (χ1) is 7.13. The van der Waals surface area contributed by atoms with Gasteiger partial charge in [0, 0.05) is 23.6 Å². The quantitative estimate of drug-likeness (QED) is 0.867. The summed E-state index contributed by atoms with van der Waals surface area (Å²) in [4.78, 5) is 15.6. The highest BCUT2D eigenvalue weighted by Gasteiger charge is 2.11. The van der Waals surface area contributed by atoms with E-state index in [0.29, 0.717) is 0 Å². The number of rotatable bonds is 4. The Morgan fingerprint density at radius 1 is 1.73 bits per heavy atom. The van der Waals surface area contributed by atoms with E-state index in [2.05, 4.69) is 26.2 Å². The van der Waals surface area contributed by atoms with E-state index >= 15 is 0 Å². The molecule has 1 amide bonds. The van der Waals surface area contributed by atoms with Crippen LogP contribution in [0.2, 0.25) is 0 Å². The summed E-state index contributed by atoms with van der Waals surface area (Å²) in [6, 6.07) is 3.55. The average Bonchev–Trinajstić information content (AvgIpc) is 2.18. The number of thioether (sulfide) groups is 1. The van der Waals surface area contributed by atoms with Gasteiger partial charge in [-0.05, 0) is 34.3 Å². The minimum absolute atomic E-state index is 0.0203. The van der Waals surface area contributed by atoms with Gasteiger partial charge in [0.05, 0.1) is 0 Å². The van der Waals surface area contributed by atoms with Gasteiger partial charge in [-0.1, -0.05) is 6.92 Å². The van der Waals surface area contributed by atoms with Crippen LogP contribution in [0.4, 0.5) is 5.69 Å². The molecular formula is C10H13BrN2OS. The molecule has 0 spiro atoms. The predicted molar refractivity (Wildman–Crippen MR) is 68.1 cm³/mol. The summed E-state index contributed by atoms with van der Waals surface area (Å²) in [6.07, 6.45) is 3.64. The van der Waals surface area contributed by atoms with Crippen LogP contribution in [0.5, 0.6) is 0 Å². The minimum atomic E-state index is 0.0203. The Kier molecular flexibility index (Phi) is 5.11. The Bertz CT molecular complexity index is 346. The molecule has 5 heteroatoms. The molecule has 0 aliphatic heterocycles. The summed E-state index contributed by atoms with van der Waals surface area (Å²) < 4.78 is 0.720. The van der Waals surface area contributed by atoms with E-state index in [0.717, 1.165) is 16.0 Å². The molecule has 0 aliphatic rings. The van der Waals surface area contributed by atoms with Crippen molar-refractivity contribution in [3.8, 4) is 0 Å². The zero-order chi connectivity index (χ0) is 11.3. The molecular weight excluding hydrogens is 276 g/mol.